The molecule has 1 atom stereocenters. The van der Waals surface area contributed by atoms with Crippen LogP contribution in [-0.4, -0.2) is 29.9 Å². The minimum Gasteiger partial charge on any atom is -0.323 e. The maximum atomic E-state index is 12.5. The quantitative estimate of drug-likeness (QED) is 0.806. The fourth-order valence-electron chi connectivity index (χ4n) is 2.94. The number of hydrogen-bond acceptors (Lipinski definition) is 2. The number of halogens is 2. The van der Waals surface area contributed by atoms with Gasteiger partial charge in [0.2, 0.25) is 5.91 Å². The van der Waals surface area contributed by atoms with E-state index in [0.717, 1.165) is 19.5 Å². The van der Waals surface area contributed by atoms with Gasteiger partial charge in [-0.3, -0.25) is 9.69 Å². The Hall–Kier alpha value is -1.81. The van der Waals surface area contributed by atoms with Crippen molar-refractivity contribution in [2.45, 2.75) is 19.4 Å². The number of rotatable bonds is 4. The van der Waals surface area contributed by atoms with Gasteiger partial charge in [0.15, 0.2) is 0 Å². The molecule has 0 fully saturated rings. The molecule has 0 unspecified atom stereocenters. The third-order valence-corrected chi connectivity index (χ3v) is 5.05. The number of nitrogens with one attached hydrogen (secondary N) is 1. The Morgan fingerprint density at radius 1 is 1.16 bits per heavy atom. The van der Waals surface area contributed by atoms with Gasteiger partial charge in [-0.15, -0.1) is 0 Å². The lowest BCUT2D eigenvalue weighted by atomic mass is 9.99. The third-order valence-electron chi connectivity index (χ3n) is 4.50. The largest absolute Gasteiger partial charge is 0.323 e. The van der Waals surface area contributed by atoms with Gasteiger partial charge in [0, 0.05) is 18.1 Å². The Kier molecular flexibility index (Phi) is 5.79. The van der Waals surface area contributed by atoms with E-state index in [1.54, 1.807) is 18.2 Å². The smallest absolute Gasteiger partial charge is 0.241 e. The molecule has 3 rings (SSSR count). The molecule has 0 bridgehead atoms. The van der Waals surface area contributed by atoms with Crippen LogP contribution in [0.2, 0.25) is 10.0 Å². The lowest BCUT2D eigenvalue weighted by molar-refractivity contribution is -0.120. The van der Waals surface area contributed by atoms with E-state index in [2.05, 4.69) is 40.6 Å². The molecule has 0 saturated heterocycles. The first-order chi connectivity index (χ1) is 12.0. The molecule has 1 heterocycles. The predicted octanol–water partition coefficient (Wildman–Crippen LogP) is 5.11. The van der Waals surface area contributed by atoms with Crippen LogP contribution in [0.5, 0.6) is 0 Å². The van der Waals surface area contributed by atoms with Crippen LogP contribution in [0.1, 0.15) is 18.9 Å². The van der Waals surface area contributed by atoms with E-state index in [0.29, 0.717) is 15.7 Å². The van der Waals surface area contributed by atoms with Crippen molar-refractivity contribution in [3.63, 3.8) is 0 Å². The highest BCUT2D eigenvalue weighted by atomic mass is 35.5. The number of nitrogens with zero attached hydrogens (tertiary/aromatic N) is 1. The van der Waals surface area contributed by atoms with E-state index in [-0.39, 0.29) is 11.9 Å². The van der Waals surface area contributed by atoms with Crippen LogP contribution in [0.25, 0.3) is 5.57 Å². The van der Waals surface area contributed by atoms with Crippen molar-refractivity contribution in [2.75, 3.05) is 18.4 Å². The summed E-state index contributed by atoms with van der Waals surface area (Å²) in [4.78, 5) is 14.7. The molecule has 1 N–H and O–H groups in total. The van der Waals surface area contributed by atoms with E-state index >= 15 is 0 Å². The summed E-state index contributed by atoms with van der Waals surface area (Å²) in [6.07, 6.45) is 3.14. The van der Waals surface area contributed by atoms with Crippen molar-refractivity contribution in [3.8, 4) is 0 Å². The Bertz CT molecular complexity index is 790. The first-order valence-electron chi connectivity index (χ1n) is 8.29. The number of benzene rings is 2. The lowest BCUT2D eigenvalue weighted by Crippen LogP contribution is -2.44. The monoisotopic (exact) mass is 374 g/mol. The number of carbonyl (C=O) groups is 1. The maximum Gasteiger partial charge on any atom is 0.241 e. The molecule has 3 nitrogen and oxygen atoms in total. The van der Waals surface area contributed by atoms with Gasteiger partial charge in [0.25, 0.3) is 0 Å². The van der Waals surface area contributed by atoms with Crippen molar-refractivity contribution in [1.29, 1.82) is 0 Å². The molecular formula is C20H20Cl2N2O. The van der Waals surface area contributed by atoms with Gasteiger partial charge in [-0.25, -0.2) is 0 Å². The molecule has 1 aliphatic heterocycles. The zero-order chi connectivity index (χ0) is 17.8. The molecule has 130 valence electrons. The molecule has 0 radical (unpaired) electrons. The number of amides is 1. The lowest BCUT2D eigenvalue weighted by Gasteiger charge is -2.31. The number of carbonyl (C=O) groups excluding carboxylic acids is 1. The third kappa shape index (κ3) is 4.43. The SMILES string of the molecule is C[C@@H](C(=O)Nc1ccc(Cl)cc1Cl)N1CC=C(c2ccccc2)CC1. The molecule has 2 aromatic rings. The normalized spacial score (nSPS) is 16.2. The maximum absolute atomic E-state index is 12.5. The second-order valence-corrected chi connectivity index (χ2v) is 6.97. The van der Waals surface area contributed by atoms with E-state index in [4.69, 9.17) is 23.2 Å². The standard InChI is InChI=1S/C20H20Cl2N2O/c1-14(20(25)23-19-8-7-17(21)13-18(19)22)24-11-9-16(10-12-24)15-5-3-2-4-6-15/h2-9,13-14H,10-12H2,1H3,(H,23,25)/t14-/m0/s1. The second kappa shape index (κ2) is 8.05. The van der Waals surface area contributed by atoms with Gasteiger partial charge >= 0.3 is 0 Å². The Morgan fingerprint density at radius 2 is 1.92 bits per heavy atom. The van der Waals surface area contributed by atoms with Gasteiger partial charge in [0.1, 0.15) is 0 Å². The number of hydrogen-bond donors (Lipinski definition) is 1. The van der Waals surface area contributed by atoms with Crippen molar-refractivity contribution in [2.24, 2.45) is 0 Å². The number of anilines is 1. The van der Waals surface area contributed by atoms with Crippen LogP contribution in [0.4, 0.5) is 5.69 Å². The molecule has 0 spiro atoms. The summed E-state index contributed by atoms with van der Waals surface area (Å²) in [5.74, 6) is -0.0687. The van der Waals surface area contributed by atoms with Crippen molar-refractivity contribution in [1.82, 2.24) is 4.90 Å². The molecule has 0 aliphatic carbocycles. The Labute approximate surface area is 158 Å². The summed E-state index contributed by atoms with van der Waals surface area (Å²) in [5.41, 5.74) is 3.18. The topological polar surface area (TPSA) is 32.3 Å². The average Bonchev–Trinajstić information content (AvgIpc) is 2.64. The first-order valence-corrected chi connectivity index (χ1v) is 9.04. The molecule has 2 aromatic carbocycles. The van der Waals surface area contributed by atoms with Crippen LogP contribution >= 0.6 is 23.2 Å². The summed E-state index contributed by atoms with van der Waals surface area (Å²) in [7, 11) is 0. The van der Waals surface area contributed by atoms with Gasteiger partial charge in [-0.1, -0.05) is 59.6 Å². The molecular weight excluding hydrogens is 355 g/mol. The van der Waals surface area contributed by atoms with Crippen molar-refractivity contribution < 1.29 is 4.79 Å². The Morgan fingerprint density at radius 3 is 2.56 bits per heavy atom. The van der Waals surface area contributed by atoms with Crippen LogP contribution in [0.15, 0.2) is 54.6 Å². The van der Waals surface area contributed by atoms with Crippen molar-refractivity contribution in [3.05, 3.63) is 70.2 Å². The second-order valence-electron chi connectivity index (χ2n) is 6.13. The van der Waals surface area contributed by atoms with Crippen molar-refractivity contribution >= 4 is 40.4 Å². The molecule has 1 aliphatic rings. The summed E-state index contributed by atoms with van der Waals surface area (Å²) in [5, 5.41) is 3.87. The van der Waals surface area contributed by atoms with E-state index in [1.165, 1.54) is 11.1 Å². The zero-order valence-electron chi connectivity index (χ0n) is 14.0. The summed E-state index contributed by atoms with van der Waals surface area (Å²) >= 11 is 12.0. The molecule has 25 heavy (non-hydrogen) atoms. The fraction of sp³-hybridized carbons (Fsp3) is 0.250. The van der Waals surface area contributed by atoms with Crippen LogP contribution < -0.4 is 5.32 Å². The first kappa shape index (κ1) is 18.0. The summed E-state index contributed by atoms with van der Waals surface area (Å²) < 4.78 is 0. The zero-order valence-corrected chi connectivity index (χ0v) is 15.5. The highest BCUT2D eigenvalue weighted by molar-refractivity contribution is 6.36. The fourth-order valence-corrected chi connectivity index (χ4v) is 3.40. The summed E-state index contributed by atoms with van der Waals surface area (Å²) in [6, 6.07) is 15.2. The van der Waals surface area contributed by atoms with Crippen LogP contribution in [-0.2, 0) is 4.79 Å². The van der Waals surface area contributed by atoms with E-state index in [1.807, 2.05) is 13.0 Å². The Balaban J connectivity index is 1.63. The highest BCUT2D eigenvalue weighted by Crippen LogP contribution is 2.26. The van der Waals surface area contributed by atoms with Gasteiger partial charge in [-0.2, -0.15) is 0 Å². The van der Waals surface area contributed by atoms with E-state index < -0.39 is 0 Å². The highest BCUT2D eigenvalue weighted by Gasteiger charge is 2.23. The van der Waals surface area contributed by atoms with Gasteiger partial charge in [-0.05, 0) is 42.7 Å². The van der Waals surface area contributed by atoms with Crippen LogP contribution in [0.3, 0.4) is 0 Å². The molecule has 5 heteroatoms. The minimum atomic E-state index is -0.236. The van der Waals surface area contributed by atoms with Crippen LogP contribution in [0, 0.1) is 0 Å². The molecule has 0 saturated carbocycles. The minimum absolute atomic E-state index is 0.0687. The summed E-state index contributed by atoms with van der Waals surface area (Å²) in [6.45, 7) is 3.53. The predicted molar refractivity (Wildman–Crippen MR) is 105 cm³/mol. The average molecular weight is 375 g/mol. The molecule has 1 amide bonds. The van der Waals surface area contributed by atoms with Gasteiger partial charge in [0.05, 0.1) is 16.8 Å². The van der Waals surface area contributed by atoms with E-state index in [9.17, 15) is 4.79 Å². The van der Waals surface area contributed by atoms with Gasteiger partial charge < -0.3 is 5.32 Å². The molecule has 0 aromatic heterocycles.